The zero-order valence-corrected chi connectivity index (χ0v) is 17.4. The Balaban J connectivity index is 1.45. The van der Waals surface area contributed by atoms with E-state index < -0.39 is 10.8 Å². The molecule has 2 aromatic carbocycles. The molecule has 31 heavy (non-hydrogen) atoms. The lowest BCUT2D eigenvalue weighted by Crippen LogP contribution is -2.34. The Morgan fingerprint density at radius 1 is 1.03 bits per heavy atom. The van der Waals surface area contributed by atoms with E-state index in [1.54, 1.807) is 18.2 Å². The number of nitrogens with one attached hydrogen (secondary N) is 2. The molecule has 1 saturated heterocycles. The van der Waals surface area contributed by atoms with Crippen LogP contribution in [0.1, 0.15) is 23.4 Å². The van der Waals surface area contributed by atoms with E-state index in [-0.39, 0.29) is 22.3 Å². The highest BCUT2D eigenvalue weighted by atomic mass is 32.1. The summed E-state index contributed by atoms with van der Waals surface area (Å²) in [7, 11) is 0. The van der Waals surface area contributed by atoms with E-state index in [2.05, 4.69) is 15.5 Å². The maximum atomic E-state index is 12.6. The van der Waals surface area contributed by atoms with Gasteiger partial charge in [-0.25, -0.2) is 0 Å². The van der Waals surface area contributed by atoms with Gasteiger partial charge in [0.25, 0.3) is 11.6 Å². The third-order valence-electron chi connectivity index (χ3n) is 5.02. The number of benzene rings is 2. The number of hydrogen-bond acceptors (Lipinski definition) is 6. The van der Waals surface area contributed by atoms with Gasteiger partial charge in [-0.15, -0.1) is 0 Å². The zero-order valence-electron chi connectivity index (χ0n) is 16.5. The van der Waals surface area contributed by atoms with Crippen LogP contribution in [0.2, 0.25) is 0 Å². The third kappa shape index (κ3) is 4.56. The number of carbonyl (C=O) groups excluding carboxylic acids is 1. The fraction of sp³-hybridized carbons (Fsp3) is 0.182. The molecule has 8 nitrogen and oxygen atoms in total. The Bertz CT molecular complexity index is 1140. The molecule has 1 amide bonds. The summed E-state index contributed by atoms with van der Waals surface area (Å²) in [6, 6.07) is 17.0. The van der Waals surface area contributed by atoms with E-state index >= 15 is 0 Å². The van der Waals surface area contributed by atoms with Gasteiger partial charge in [0, 0.05) is 19.2 Å². The maximum absolute atomic E-state index is 12.6. The molecule has 2 N–H and O–H groups in total. The second kappa shape index (κ2) is 8.97. The van der Waals surface area contributed by atoms with E-state index in [0.717, 1.165) is 37.3 Å². The van der Waals surface area contributed by atoms with Crippen molar-refractivity contribution in [2.45, 2.75) is 12.8 Å². The lowest BCUT2D eigenvalue weighted by molar-refractivity contribution is -0.384. The number of nitro groups is 1. The number of furan rings is 1. The van der Waals surface area contributed by atoms with Gasteiger partial charge in [0.2, 0.25) is 0 Å². The number of nitrogens with zero attached hydrogens (tertiary/aromatic N) is 2. The van der Waals surface area contributed by atoms with Gasteiger partial charge in [-0.05, 0) is 55.4 Å². The number of carbonyl (C=O) groups is 1. The summed E-state index contributed by atoms with van der Waals surface area (Å²) in [5.41, 5.74) is 2.05. The molecule has 4 rings (SSSR count). The van der Waals surface area contributed by atoms with Gasteiger partial charge >= 0.3 is 0 Å². The first-order chi connectivity index (χ1) is 15.0. The summed E-state index contributed by atoms with van der Waals surface area (Å²) < 4.78 is 5.57. The minimum atomic E-state index is -0.541. The molecule has 1 aliphatic heterocycles. The highest BCUT2D eigenvalue weighted by molar-refractivity contribution is 7.80. The second-order valence-electron chi connectivity index (χ2n) is 7.06. The van der Waals surface area contributed by atoms with Crippen LogP contribution in [0.4, 0.5) is 17.1 Å². The van der Waals surface area contributed by atoms with Crippen LogP contribution in [0.25, 0.3) is 11.3 Å². The van der Waals surface area contributed by atoms with Crippen molar-refractivity contribution in [1.29, 1.82) is 0 Å². The first-order valence-electron chi connectivity index (χ1n) is 9.83. The zero-order chi connectivity index (χ0) is 21.8. The number of anilines is 2. The van der Waals surface area contributed by atoms with Crippen molar-refractivity contribution in [2.75, 3.05) is 23.3 Å². The lowest BCUT2D eigenvalue weighted by atomic mass is 10.1. The minimum Gasteiger partial charge on any atom is -0.451 e. The summed E-state index contributed by atoms with van der Waals surface area (Å²) >= 11 is 5.31. The summed E-state index contributed by atoms with van der Waals surface area (Å²) in [5.74, 6) is -0.304. The number of nitro benzene ring substituents is 1. The summed E-state index contributed by atoms with van der Waals surface area (Å²) in [6.07, 6.45) is 2.30. The van der Waals surface area contributed by atoms with Crippen LogP contribution < -0.4 is 15.5 Å². The molecule has 0 atom stereocenters. The van der Waals surface area contributed by atoms with Gasteiger partial charge < -0.3 is 14.6 Å². The van der Waals surface area contributed by atoms with Gasteiger partial charge in [-0.2, -0.15) is 0 Å². The Labute approximate surface area is 184 Å². The molecule has 1 aliphatic rings. The second-order valence-corrected chi connectivity index (χ2v) is 7.47. The Kier molecular flexibility index (Phi) is 5.94. The smallest absolute Gasteiger partial charge is 0.293 e. The van der Waals surface area contributed by atoms with Gasteiger partial charge in [0.1, 0.15) is 5.76 Å². The van der Waals surface area contributed by atoms with Crippen LogP contribution in [-0.2, 0) is 0 Å². The Morgan fingerprint density at radius 2 is 1.74 bits per heavy atom. The number of thiocarbonyl (C=S) groups is 1. The molecule has 0 aliphatic carbocycles. The van der Waals surface area contributed by atoms with Crippen molar-refractivity contribution in [1.82, 2.24) is 5.32 Å². The first kappa shape index (κ1) is 20.5. The van der Waals surface area contributed by atoms with E-state index in [1.165, 1.54) is 18.2 Å². The van der Waals surface area contributed by atoms with Gasteiger partial charge in [0.05, 0.1) is 21.9 Å². The lowest BCUT2D eigenvalue weighted by Gasteiger charge is -2.22. The fourth-order valence-corrected chi connectivity index (χ4v) is 3.78. The van der Waals surface area contributed by atoms with E-state index in [1.807, 2.05) is 24.3 Å². The van der Waals surface area contributed by atoms with Crippen LogP contribution in [0, 0.1) is 10.1 Å². The number of hydrogen-bond donors (Lipinski definition) is 2. The first-order valence-corrected chi connectivity index (χ1v) is 10.2. The highest BCUT2D eigenvalue weighted by Gasteiger charge is 2.20. The predicted octanol–water partition coefficient (Wildman–Crippen LogP) is 4.58. The normalized spacial score (nSPS) is 13.1. The molecule has 9 heteroatoms. The monoisotopic (exact) mass is 436 g/mol. The topological polar surface area (TPSA) is 101 Å². The molecule has 0 radical (unpaired) electrons. The van der Waals surface area contributed by atoms with Crippen LogP contribution in [0.5, 0.6) is 0 Å². The molecular formula is C22H20N4O4S. The van der Waals surface area contributed by atoms with Gasteiger partial charge in [-0.3, -0.25) is 20.2 Å². The van der Waals surface area contributed by atoms with Crippen molar-refractivity contribution < 1.29 is 14.1 Å². The number of amides is 1. The Morgan fingerprint density at radius 3 is 2.52 bits per heavy atom. The average Bonchev–Trinajstić information content (AvgIpc) is 3.46. The molecule has 2 heterocycles. The number of rotatable bonds is 5. The fourth-order valence-electron chi connectivity index (χ4n) is 3.58. The van der Waals surface area contributed by atoms with Gasteiger partial charge in [-0.1, -0.05) is 24.3 Å². The average molecular weight is 436 g/mol. The predicted molar refractivity (Wildman–Crippen MR) is 122 cm³/mol. The quantitative estimate of drug-likeness (QED) is 0.343. The van der Waals surface area contributed by atoms with E-state index in [9.17, 15) is 14.9 Å². The largest absolute Gasteiger partial charge is 0.451 e. The van der Waals surface area contributed by atoms with Crippen LogP contribution in [-0.4, -0.2) is 29.0 Å². The minimum absolute atomic E-state index is 0.00475. The van der Waals surface area contributed by atoms with Crippen molar-refractivity contribution in [3.8, 4) is 11.3 Å². The summed E-state index contributed by atoms with van der Waals surface area (Å²) in [6.45, 7) is 1.97. The van der Waals surface area contributed by atoms with E-state index in [0.29, 0.717) is 5.56 Å². The molecule has 1 aromatic heterocycles. The molecule has 0 saturated carbocycles. The molecule has 3 aromatic rings. The number of para-hydroxylation sites is 3. The van der Waals surface area contributed by atoms with Crippen molar-refractivity contribution in [2.24, 2.45) is 0 Å². The molecule has 0 bridgehead atoms. The van der Waals surface area contributed by atoms with Crippen LogP contribution in [0.3, 0.4) is 0 Å². The Hall–Kier alpha value is -3.72. The van der Waals surface area contributed by atoms with Crippen molar-refractivity contribution in [3.05, 3.63) is 76.5 Å². The van der Waals surface area contributed by atoms with Crippen LogP contribution >= 0.6 is 12.2 Å². The molecule has 158 valence electrons. The summed E-state index contributed by atoms with van der Waals surface area (Å²) in [5, 5.41) is 17.0. The highest BCUT2D eigenvalue weighted by Crippen LogP contribution is 2.31. The standard InChI is InChI=1S/C22H20N4O4S/c27-21(20-12-11-19(30-20)15-7-1-3-9-17(15)26(28)29)24-22(31)23-16-8-2-4-10-18(16)25-13-5-6-14-25/h1-4,7-12H,5-6,13-14H2,(H2,23,24,27,31). The third-order valence-corrected chi connectivity index (χ3v) is 5.23. The SMILES string of the molecule is O=C(NC(=S)Nc1ccccc1N1CCCC1)c1ccc(-c2ccccc2[N+](=O)[O-])o1. The molecular weight excluding hydrogens is 416 g/mol. The van der Waals surface area contributed by atoms with Crippen LogP contribution in [0.15, 0.2) is 65.1 Å². The maximum Gasteiger partial charge on any atom is 0.293 e. The van der Waals surface area contributed by atoms with E-state index in [4.69, 9.17) is 16.6 Å². The summed E-state index contributed by atoms with van der Waals surface area (Å²) in [4.78, 5) is 25.6. The van der Waals surface area contributed by atoms with Gasteiger partial charge in [0.15, 0.2) is 10.9 Å². The van der Waals surface area contributed by atoms with Crippen molar-refractivity contribution in [3.63, 3.8) is 0 Å². The molecule has 0 spiro atoms. The van der Waals surface area contributed by atoms with Crippen molar-refractivity contribution >= 4 is 40.3 Å². The molecule has 0 unspecified atom stereocenters. The molecule has 1 fully saturated rings.